The normalized spacial score (nSPS) is 9.29. The van der Waals surface area contributed by atoms with Gasteiger partial charge in [0.2, 0.25) is 0 Å². The van der Waals surface area contributed by atoms with E-state index in [0.29, 0.717) is 13.1 Å². The van der Waals surface area contributed by atoms with E-state index >= 15 is 0 Å². The first-order chi connectivity index (χ1) is 6.38. The number of hydrogen-bond donors (Lipinski definition) is 3. The van der Waals surface area contributed by atoms with E-state index in [2.05, 4.69) is 0 Å². The number of aliphatic hydroxyl groups excluding tert-OH is 2. The molecular formula is C10H18N2O2. The molecule has 4 heteroatoms. The lowest BCUT2D eigenvalue weighted by Gasteiger charge is -2.22. The zero-order chi connectivity index (χ0) is 9.52. The van der Waals surface area contributed by atoms with Gasteiger partial charge in [-0.25, -0.2) is 0 Å². The molecule has 0 amide bonds. The van der Waals surface area contributed by atoms with Crippen molar-refractivity contribution >= 4 is 5.69 Å². The highest BCUT2D eigenvalue weighted by atomic mass is 16.3. The maximum absolute atomic E-state index is 8.80. The van der Waals surface area contributed by atoms with Crippen molar-refractivity contribution in [2.45, 2.75) is 0 Å². The van der Waals surface area contributed by atoms with Crippen LogP contribution in [0.3, 0.4) is 0 Å². The predicted octanol–water partition coefficient (Wildman–Crippen LogP) is 0.640. The quantitative estimate of drug-likeness (QED) is 0.648. The number of aliphatic hydroxyl groups is 2. The SMILES string of the molecule is N.OCCN(CCO)c1ccccc1. The molecule has 0 aliphatic carbocycles. The van der Waals surface area contributed by atoms with Crippen LogP contribution in [-0.2, 0) is 0 Å². The topological polar surface area (TPSA) is 78.7 Å². The lowest BCUT2D eigenvalue weighted by atomic mass is 10.3. The molecule has 0 spiro atoms. The van der Waals surface area contributed by atoms with Gasteiger partial charge < -0.3 is 21.3 Å². The zero-order valence-electron chi connectivity index (χ0n) is 8.26. The summed E-state index contributed by atoms with van der Waals surface area (Å²) in [5.41, 5.74) is 1.03. The molecule has 0 bridgehead atoms. The third kappa shape index (κ3) is 3.74. The average Bonchev–Trinajstić information content (AvgIpc) is 2.19. The van der Waals surface area contributed by atoms with Gasteiger partial charge in [0.25, 0.3) is 0 Å². The number of rotatable bonds is 5. The number of hydrogen-bond acceptors (Lipinski definition) is 4. The van der Waals surface area contributed by atoms with Crippen LogP contribution < -0.4 is 11.1 Å². The van der Waals surface area contributed by atoms with Gasteiger partial charge in [0.05, 0.1) is 13.2 Å². The van der Waals surface area contributed by atoms with Gasteiger partial charge in [0.15, 0.2) is 0 Å². The molecule has 1 aromatic rings. The van der Waals surface area contributed by atoms with Crippen LogP contribution >= 0.6 is 0 Å². The van der Waals surface area contributed by atoms with Crippen molar-refractivity contribution in [3.05, 3.63) is 30.3 Å². The van der Waals surface area contributed by atoms with Crippen molar-refractivity contribution in [1.82, 2.24) is 6.15 Å². The summed E-state index contributed by atoms with van der Waals surface area (Å²) in [6, 6.07) is 9.75. The Bertz CT molecular complexity index is 223. The molecule has 1 rings (SSSR count). The second-order valence-electron chi connectivity index (χ2n) is 2.77. The van der Waals surface area contributed by atoms with Gasteiger partial charge in [-0.2, -0.15) is 0 Å². The molecule has 0 fully saturated rings. The van der Waals surface area contributed by atoms with Crippen molar-refractivity contribution in [2.24, 2.45) is 0 Å². The molecule has 14 heavy (non-hydrogen) atoms. The average molecular weight is 198 g/mol. The summed E-state index contributed by atoms with van der Waals surface area (Å²) in [5, 5.41) is 17.6. The number of nitrogens with zero attached hydrogens (tertiary/aromatic N) is 1. The summed E-state index contributed by atoms with van der Waals surface area (Å²) >= 11 is 0. The highest BCUT2D eigenvalue weighted by molar-refractivity contribution is 5.45. The van der Waals surface area contributed by atoms with Crippen molar-refractivity contribution in [3.63, 3.8) is 0 Å². The molecule has 0 atom stereocenters. The molecule has 0 aliphatic rings. The molecule has 1 aromatic carbocycles. The van der Waals surface area contributed by atoms with Crippen LogP contribution in [0.25, 0.3) is 0 Å². The fraction of sp³-hybridized carbons (Fsp3) is 0.400. The van der Waals surface area contributed by atoms with E-state index in [-0.39, 0.29) is 19.4 Å². The molecule has 4 nitrogen and oxygen atoms in total. The summed E-state index contributed by atoms with van der Waals surface area (Å²) in [6.45, 7) is 1.33. The molecular weight excluding hydrogens is 180 g/mol. The van der Waals surface area contributed by atoms with Crippen molar-refractivity contribution in [2.75, 3.05) is 31.2 Å². The lowest BCUT2D eigenvalue weighted by molar-refractivity contribution is 0.281. The first kappa shape index (κ1) is 12.9. The van der Waals surface area contributed by atoms with E-state index < -0.39 is 0 Å². The van der Waals surface area contributed by atoms with E-state index in [4.69, 9.17) is 10.2 Å². The largest absolute Gasteiger partial charge is 0.395 e. The molecule has 0 radical (unpaired) electrons. The molecule has 0 aliphatic heterocycles. The van der Waals surface area contributed by atoms with Crippen LogP contribution in [0.4, 0.5) is 5.69 Å². The minimum absolute atomic E-state index is 0. The summed E-state index contributed by atoms with van der Waals surface area (Å²) < 4.78 is 0. The Labute approximate surface area is 84.4 Å². The Hall–Kier alpha value is -1.10. The molecule has 0 saturated heterocycles. The smallest absolute Gasteiger partial charge is 0.0606 e. The highest BCUT2D eigenvalue weighted by Crippen LogP contribution is 2.11. The van der Waals surface area contributed by atoms with Crippen LogP contribution in [0.2, 0.25) is 0 Å². The van der Waals surface area contributed by atoms with Crippen LogP contribution in [0, 0.1) is 0 Å². The van der Waals surface area contributed by atoms with E-state index in [1.807, 2.05) is 35.2 Å². The Kier molecular flexibility index (Phi) is 6.74. The lowest BCUT2D eigenvalue weighted by Crippen LogP contribution is -2.29. The van der Waals surface area contributed by atoms with E-state index in [1.54, 1.807) is 0 Å². The van der Waals surface area contributed by atoms with Gasteiger partial charge in [-0.3, -0.25) is 0 Å². The van der Waals surface area contributed by atoms with Crippen molar-refractivity contribution < 1.29 is 10.2 Å². The van der Waals surface area contributed by atoms with Gasteiger partial charge in [0, 0.05) is 18.8 Å². The zero-order valence-corrected chi connectivity index (χ0v) is 8.26. The third-order valence-corrected chi connectivity index (χ3v) is 1.86. The maximum Gasteiger partial charge on any atom is 0.0606 e. The summed E-state index contributed by atoms with van der Waals surface area (Å²) in [5.74, 6) is 0. The van der Waals surface area contributed by atoms with E-state index in [0.717, 1.165) is 5.69 Å². The van der Waals surface area contributed by atoms with Gasteiger partial charge in [0.1, 0.15) is 0 Å². The molecule has 0 heterocycles. The third-order valence-electron chi connectivity index (χ3n) is 1.86. The van der Waals surface area contributed by atoms with Gasteiger partial charge in [-0.15, -0.1) is 0 Å². The molecule has 80 valence electrons. The first-order valence-electron chi connectivity index (χ1n) is 4.40. The second-order valence-corrected chi connectivity index (χ2v) is 2.77. The van der Waals surface area contributed by atoms with Crippen LogP contribution in [0.1, 0.15) is 0 Å². The Morgan fingerprint density at radius 1 is 0.929 bits per heavy atom. The van der Waals surface area contributed by atoms with Gasteiger partial charge in [-0.05, 0) is 12.1 Å². The fourth-order valence-electron chi connectivity index (χ4n) is 1.25. The summed E-state index contributed by atoms with van der Waals surface area (Å²) in [6.07, 6.45) is 0. The molecule has 0 saturated carbocycles. The summed E-state index contributed by atoms with van der Waals surface area (Å²) in [4.78, 5) is 1.94. The molecule has 0 aromatic heterocycles. The number of anilines is 1. The molecule has 0 unspecified atom stereocenters. The Morgan fingerprint density at radius 2 is 1.43 bits per heavy atom. The Morgan fingerprint density at radius 3 is 1.86 bits per heavy atom. The van der Waals surface area contributed by atoms with E-state index in [9.17, 15) is 0 Å². The molecule has 5 N–H and O–H groups in total. The number of para-hydroxylation sites is 1. The van der Waals surface area contributed by atoms with Gasteiger partial charge >= 0.3 is 0 Å². The predicted molar refractivity (Wildman–Crippen MR) is 57.8 cm³/mol. The minimum atomic E-state index is 0. The van der Waals surface area contributed by atoms with Crippen LogP contribution in [0.5, 0.6) is 0 Å². The first-order valence-corrected chi connectivity index (χ1v) is 4.40. The highest BCUT2D eigenvalue weighted by Gasteiger charge is 2.02. The van der Waals surface area contributed by atoms with Crippen LogP contribution in [0.15, 0.2) is 30.3 Å². The number of benzene rings is 1. The van der Waals surface area contributed by atoms with Gasteiger partial charge in [-0.1, -0.05) is 18.2 Å². The fourth-order valence-corrected chi connectivity index (χ4v) is 1.25. The standard InChI is InChI=1S/C10H15NO2.H3N/c12-8-6-11(7-9-13)10-4-2-1-3-5-10;/h1-5,12-13H,6-9H2;1H3. The maximum atomic E-state index is 8.80. The second kappa shape index (κ2) is 7.32. The van der Waals surface area contributed by atoms with E-state index in [1.165, 1.54) is 0 Å². The van der Waals surface area contributed by atoms with Crippen LogP contribution in [-0.4, -0.2) is 36.5 Å². The minimum Gasteiger partial charge on any atom is -0.395 e. The van der Waals surface area contributed by atoms with Crippen molar-refractivity contribution in [1.29, 1.82) is 0 Å². The summed E-state index contributed by atoms with van der Waals surface area (Å²) in [7, 11) is 0. The van der Waals surface area contributed by atoms with Crippen molar-refractivity contribution in [3.8, 4) is 0 Å². The Balaban J connectivity index is 0.00000169. The monoisotopic (exact) mass is 198 g/mol.